The van der Waals surface area contributed by atoms with Crippen molar-refractivity contribution >= 4 is 13.4 Å². The SMILES string of the molecule is CCN(CC)P(CC)c1ccc(C)cc1. The van der Waals surface area contributed by atoms with Gasteiger partial charge in [0.2, 0.25) is 0 Å². The molecule has 0 aliphatic rings. The molecule has 1 atom stereocenters. The Morgan fingerprint density at radius 1 is 1.00 bits per heavy atom. The van der Waals surface area contributed by atoms with Crippen molar-refractivity contribution in [2.45, 2.75) is 27.7 Å². The van der Waals surface area contributed by atoms with Crippen molar-refractivity contribution in [1.82, 2.24) is 4.67 Å². The third-order valence-electron chi connectivity index (χ3n) is 2.70. The molecule has 0 fully saturated rings. The van der Waals surface area contributed by atoms with E-state index in [0.717, 1.165) is 13.1 Å². The van der Waals surface area contributed by atoms with Crippen molar-refractivity contribution in [3.8, 4) is 0 Å². The van der Waals surface area contributed by atoms with Crippen LogP contribution in [-0.2, 0) is 0 Å². The van der Waals surface area contributed by atoms with Crippen LogP contribution in [-0.4, -0.2) is 23.9 Å². The summed E-state index contributed by atoms with van der Waals surface area (Å²) in [5.74, 6) is 0. The minimum Gasteiger partial charge on any atom is -0.279 e. The maximum absolute atomic E-state index is 2.58. The third kappa shape index (κ3) is 3.29. The molecule has 0 radical (unpaired) electrons. The van der Waals surface area contributed by atoms with E-state index in [9.17, 15) is 0 Å². The number of hydrogen-bond acceptors (Lipinski definition) is 1. The first kappa shape index (κ1) is 12.7. The van der Waals surface area contributed by atoms with E-state index in [2.05, 4.69) is 56.6 Å². The Bertz CT molecular complexity index is 277. The van der Waals surface area contributed by atoms with E-state index in [-0.39, 0.29) is 8.07 Å². The van der Waals surface area contributed by atoms with Gasteiger partial charge in [-0.25, -0.2) is 0 Å². The summed E-state index contributed by atoms with van der Waals surface area (Å²) in [6.07, 6.45) is 1.25. The molecular formula is C13H22NP. The number of benzene rings is 1. The summed E-state index contributed by atoms with van der Waals surface area (Å²) in [5.41, 5.74) is 1.35. The average molecular weight is 223 g/mol. The molecule has 2 heteroatoms. The molecule has 1 aromatic carbocycles. The van der Waals surface area contributed by atoms with E-state index < -0.39 is 0 Å². The fraction of sp³-hybridized carbons (Fsp3) is 0.538. The highest BCUT2D eigenvalue weighted by Crippen LogP contribution is 2.37. The Morgan fingerprint density at radius 3 is 1.93 bits per heavy atom. The van der Waals surface area contributed by atoms with E-state index in [4.69, 9.17) is 0 Å². The fourth-order valence-corrected chi connectivity index (χ4v) is 4.10. The van der Waals surface area contributed by atoms with Gasteiger partial charge in [-0.15, -0.1) is 0 Å². The largest absolute Gasteiger partial charge is 0.279 e. The third-order valence-corrected chi connectivity index (χ3v) is 5.44. The van der Waals surface area contributed by atoms with Gasteiger partial charge in [-0.2, -0.15) is 0 Å². The molecule has 84 valence electrons. The van der Waals surface area contributed by atoms with Crippen molar-refractivity contribution in [1.29, 1.82) is 0 Å². The molecule has 1 aromatic rings. The first-order valence-corrected chi connectivity index (χ1v) is 7.29. The molecule has 0 amide bonds. The Kier molecular flexibility index (Phi) is 5.28. The Hall–Kier alpha value is -0.390. The lowest BCUT2D eigenvalue weighted by atomic mass is 10.2. The summed E-state index contributed by atoms with van der Waals surface area (Å²) in [7, 11) is -0.0962. The molecule has 1 rings (SSSR count). The van der Waals surface area contributed by atoms with Gasteiger partial charge in [0.05, 0.1) is 0 Å². The first-order chi connectivity index (χ1) is 7.22. The second-order valence-corrected chi connectivity index (χ2v) is 6.20. The van der Waals surface area contributed by atoms with Gasteiger partial charge in [-0.1, -0.05) is 50.6 Å². The lowest BCUT2D eigenvalue weighted by Gasteiger charge is -2.29. The van der Waals surface area contributed by atoms with Crippen molar-refractivity contribution < 1.29 is 0 Å². The molecule has 1 unspecified atom stereocenters. The van der Waals surface area contributed by atoms with Gasteiger partial charge in [0.25, 0.3) is 0 Å². The zero-order valence-electron chi connectivity index (χ0n) is 10.3. The molecule has 0 N–H and O–H groups in total. The van der Waals surface area contributed by atoms with Crippen LogP contribution < -0.4 is 5.30 Å². The normalized spacial score (nSPS) is 13.1. The van der Waals surface area contributed by atoms with Crippen LogP contribution >= 0.6 is 8.07 Å². The maximum atomic E-state index is 2.58. The summed E-state index contributed by atoms with van der Waals surface area (Å²) < 4.78 is 2.58. The molecule has 0 saturated carbocycles. The zero-order chi connectivity index (χ0) is 11.3. The minimum absolute atomic E-state index is 0.0962. The lowest BCUT2D eigenvalue weighted by Crippen LogP contribution is -2.23. The van der Waals surface area contributed by atoms with Crippen molar-refractivity contribution in [3.05, 3.63) is 29.8 Å². The van der Waals surface area contributed by atoms with Gasteiger partial charge in [0, 0.05) is 0 Å². The molecule has 15 heavy (non-hydrogen) atoms. The van der Waals surface area contributed by atoms with Crippen LogP contribution in [0.4, 0.5) is 0 Å². The molecule has 0 bridgehead atoms. The molecule has 0 spiro atoms. The monoisotopic (exact) mass is 223 g/mol. The van der Waals surface area contributed by atoms with Crippen LogP contribution in [0.2, 0.25) is 0 Å². The van der Waals surface area contributed by atoms with Crippen LogP contribution in [0.25, 0.3) is 0 Å². The van der Waals surface area contributed by atoms with Gasteiger partial charge in [0.1, 0.15) is 0 Å². The Balaban J connectivity index is 2.86. The quantitative estimate of drug-likeness (QED) is 0.692. The molecule has 0 heterocycles. The molecular weight excluding hydrogens is 201 g/mol. The van der Waals surface area contributed by atoms with E-state index >= 15 is 0 Å². The number of nitrogens with zero attached hydrogens (tertiary/aromatic N) is 1. The number of aryl methyl sites for hydroxylation is 1. The van der Waals surface area contributed by atoms with Crippen molar-refractivity contribution in [2.75, 3.05) is 19.3 Å². The number of rotatable bonds is 5. The molecule has 0 saturated heterocycles. The minimum atomic E-state index is -0.0962. The van der Waals surface area contributed by atoms with Gasteiger partial charge >= 0.3 is 0 Å². The Morgan fingerprint density at radius 2 is 1.53 bits per heavy atom. The van der Waals surface area contributed by atoms with Gasteiger partial charge in [-0.3, -0.25) is 4.67 Å². The zero-order valence-corrected chi connectivity index (χ0v) is 11.2. The molecule has 0 aromatic heterocycles. The van der Waals surface area contributed by atoms with Crippen LogP contribution in [0.1, 0.15) is 26.3 Å². The van der Waals surface area contributed by atoms with Gasteiger partial charge < -0.3 is 0 Å². The van der Waals surface area contributed by atoms with Gasteiger partial charge in [-0.05, 0) is 39.6 Å². The first-order valence-electron chi connectivity index (χ1n) is 5.81. The highest BCUT2D eigenvalue weighted by molar-refractivity contribution is 7.63. The molecule has 0 aliphatic carbocycles. The molecule has 0 aliphatic heterocycles. The van der Waals surface area contributed by atoms with Crippen LogP contribution in [0.3, 0.4) is 0 Å². The Labute approximate surface area is 95.3 Å². The number of hydrogen-bond donors (Lipinski definition) is 0. The van der Waals surface area contributed by atoms with Crippen LogP contribution in [0.15, 0.2) is 24.3 Å². The highest BCUT2D eigenvalue weighted by Gasteiger charge is 2.14. The highest BCUT2D eigenvalue weighted by atomic mass is 31.1. The van der Waals surface area contributed by atoms with Crippen LogP contribution in [0.5, 0.6) is 0 Å². The summed E-state index contributed by atoms with van der Waals surface area (Å²) >= 11 is 0. The fourth-order valence-electron chi connectivity index (χ4n) is 1.83. The average Bonchev–Trinajstić information content (AvgIpc) is 2.27. The van der Waals surface area contributed by atoms with Crippen LogP contribution in [0, 0.1) is 6.92 Å². The summed E-state index contributed by atoms with van der Waals surface area (Å²) in [6, 6.07) is 9.04. The van der Waals surface area contributed by atoms with E-state index in [0.29, 0.717) is 0 Å². The lowest BCUT2D eigenvalue weighted by molar-refractivity contribution is 0.510. The predicted octanol–water partition coefficient (Wildman–Crippen LogP) is 3.38. The van der Waals surface area contributed by atoms with Crippen molar-refractivity contribution in [3.63, 3.8) is 0 Å². The predicted molar refractivity (Wildman–Crippen MR) is 71.2 cm³/mol. The van der Waals surface area contributed by atoms with E-state index in [1.807, 2.05) is 0 Å². The van der Waals surface area contributed by atoms with E-state index in [1.165, 1.54) is 17.0 Å². The summed E-state index contributed by atoms with van der Waals surface area (Å²) in [5, 5.41) is 1.52. The molecule has 1 nitrogen and oxygen atoms in total. The maximum Gasteiger partial charge on any atom is -0.000485 e. The van der Waals surface area contributed by atoms with Crippen molar-refractivity contribution in [2.24, 2.45) is 0 Å². The van der Waals surface area contributed by atoms with Gasteiger partial charge in [0.15, 0.2) is 0 Å². The standard InChI is InChI=1S/C13H22NP/c1-5-14(6-2)15(7-3)13-10-8-12(4)9-11-13/h8-11H,5-7H2,1-4H3. The second-order valence-electron chi connectivity index (χ2n) is 3.69. The van der Waals surface area contributed by atoms with E-state index in [1.54, 1.807) is 0 Å². The smallest absolute Gasteiger partial charge is 0.000485 e. The second kappa shape index (κ2) is 6.25. The topological polar surface area (TPSA) is 3.24 Å². The summed E-state index contributed by atoms with van der Waals surface area (Å²) in [4.78, 5) is 0. The summed E-state index contributed by atoms with van der Waals surface area (Å²) in [6.45, 7) is 11.3.